The molecule has 3 rings (SSSR count). The second kappa shape index (κ2) is 10.4. The minimum atomic E-state index is -0.0641. The molecule has 0 saturated carbocycles. The fraction of sp³-hybridized carbons (Fsp3) is 0.458. The second-order valence-electron chi connectivity index (χ2n) is 8.01. The summed E-state index contributed by atoms with van der Waals surface area (Å²) in [5.41, 5.74) is 3.10. The summed E-state index contributed by atoms with van der Waals surface area (Å²) in [7, 11) is 0. The molecule has 0 aliphatic carbocycles. The number of aryl methyl sites for hydroxylation is 1. The summed E-state index contributed by atoms with van der Waals surface area (Å²) in [6, 6.07) is 16.1. The Bertz CT molecular complexity index is 766. The van der Waals surface area contributed by atoms with Crippen LogP contribution in [0.15, 0.2) is 48.5 Å². The molecule has 0 unspecified atom stereocenters. The lowest BCUT2D eigenvalue weighted by Gasteiger charge is -2.35. The van der Waals surface area contributed by atoms with E-state index in [-0.39, 0.29) is 11.9 Å². The van der Waals surface area contributed by atoms with Crippen molar-refractivity contribution in [2.45, 2.75) is 26.8 Å². The first-order valence-electron chi connectivity index (χ1n) is 10.4. The van der Waals surface area contributed by atoms with Crippen molar-refractivity contribution in [2.24, 2.45) is 5.92 Å². The summed E-state index contributed by atoms with van der Waals surface area (Å²) < 4.78 is 11.2. The Hall–Kier alpha value is -2.37. The van der Waals surface area contributed by atoms with Crippen molar-refractivity contribution in [3.8, 4) is 5.75 Å². The van der Waals surface area contributed by atoms with Crippen molar-refractivity contribution in [3.05, 3.63) is 65.2 Å². The largest absolute Gasteiger partial charge is 0.493 e. The van der Waals surface area contributed by atoms with Gasteiger partial charge in [0, 0.05) is 25.2 Å². The van der Waals surface area contributed by atoms with Gasteiger partial charge in [-0.05, 0) is 42.7 Å². The fourth-order valence-corrected chi connectivity index (χ4v) is 3.39. The highest BCUT2D eigenvalue weighted by Gasteiger charge is 2.23. The normalized spacial score (nSPS) is 15.9. The number of hydrogen-bond acceptors (Lipinski definition) is 4. The van der Waals surface area contributed by atoms with Crippen LogP contribution in [0, 0.1) is 12.8 Å². The Morgan fingerprint density at radius 1 is 1.07 bits per heavy atom. The molecule has 1 fully saturated rings. The Labute approximate surface area is 174 Å². The molecule has 1 amide bonds. The van der Waals surface area contributed by atoms with Gasteiger partial charge in [0.15, 0.2) is 0 Å². The number of carbonyl (C=O) groups excluding carboxylic acids is 1. The first-order chi connectivity index (χ1) is 14.0. The van der Waals surface area contributed by atoms with Crippen molar-refractivity contribution in [3.63, 3.8) is 0 Å². The van der Waals surface area contributed by atoms with E-state index in [1.54, 1.807) is 0 Å². The molecule has 1 atom stereocenters. The third kappa shape index (κ3) is 6.31. The summed E-state index contributed by atoms with van der Waals surface area (Å²) in [6.07, 6.45) is 0. The lowest BCUT2D eigenvalue weighted by molar-refractivity contribution is 0.0162. The van der Waals surface area contributed by atoms with Crippen LogP contribution in [-0.2, 0) is 4.74 Å². The number of benzene rings is 2. The van der Waals surface area contributed by atoms with Crippen LogP contribution >= 0.6 is 0 Å². The maximum Gasteiger partial charge on any atom is 0.251 e. The van der Waals surface area contributed by atoms with Crippen LogP contribution in [0.3, 0.4) is 0 Å². The van der Waals surface area contributed by atoms with E-state index in [0.29, 0.717) is 24.6 Å². The summed E-state index contributed by atoms with van der Waals surface area (Å²) in [4.78, 5) is 15.1. The molecule has 0 bridgehead atoms. The predicted molar refractivity (Wildman–Crippen MR) is 115 cm³/mol. The molecule has 156 valence electrons. The molecule has 29 heavy (non-hydrogen) atoms. The van der Waals surface area contributed by atoms with Gasteiger partial charge in [0.2, 0.25) is 0 Å². The first kappa shape index (κ1) is 21.3. The smallest absolute Gasteiger partial charge is 0.251 e. The molecule has 0 radical (unpaired) electrons. The summed E-state index contributed by atoms with van der Waals surface area (Å²) in [5.74, 6) is 1.20. The number of morpholine rings is 1. The Morgan fingerprint density at radius 3 is 2.34 bits per heavy atom. The topological polar surface area (TPSA) is 50.8 Å². The fourth-order valence-electron chi connectivity index (χ4n) is 3.39. The van der Waals surface area contributed by atoms with Gasteiger partial charge in [-0.25, -0.2) is 0 Å². The number of ether oxygens (including phenoxy) is 2. The SMILES string of the molecule is Cc1ccc([C@@H](CNC(=O)c2ccc(OCC(C)C)cc2)N2CCOCC2)cc1. The summed E-state index contributed by atoms with van der Waals surface area (Å²) >= 11 is 0. The van der Waals surface area contributed by atoms with Gasteiger partial charge >= 0.3 is 0 Å². The van der Waals surface area contributed by atoms with Gasteiger partial charge in [-0.15, -0.1) is 0 Å². The number of amides is 1. The van der Waals surface area contributed by atoms with Crippen LogP contribution in [0.4, 0.5) is 0 Å². The van der Waals surface area contributed by atoms with Crippen LogP contribution in [-0.4, -0.2) is 50.3 Å². The molecule has 0 aromatic heterocycles. The molecule has 2 aromatic carbocycles. The Balaban J connectivity index is 1.63. The van der Waals surface area contributed by atoms with Crippen LogP contribution in [0.5, 0.6) is 5.75 Å². The standard InChI is InChI=1S/C24H32N2O3/c1-18(2)17-29-22-10-8-21(9-11-22)24(27)25-16-23(26-12-14-28-15-13-26)20-6-4-19(3)5-7-20/h4-11,18,23H,12-17H2,1-3H3,(H,25,27)/t23-/m1/s1. The molecule has 1 saturated heterocycles. The van der Waals surface area contributed by atoms with Gasteiger partial charge in [-0.1, -0.05) is 43.7 Å². The van der Waals surface area contributed by atoms with Crippen molar-refractivity contribution < 1.29 is 14.3 Å². The molecule has 5 heteroatoms. The molecule has 1 aliphatic heterocycles. The van der Waals surface area contributed by atoms with Gasteiger partial charge in [0.1, 0.15) is 5.75 Å². The van der Waals surface area contributed by atoms with Crippen LogP contribution in [0.1, 0.15) is 41.4 Å². The quantitative estimate of drug-likeness (QED) is 0.737. The van der Waals surface area contributed by atoms with Gasteiger partial charge in [0.25, 0.3) is 5.91 Å². The highest BCUT2D eigenvalue weighted by molar-refractivity contribution is 5.94. The Kier molecular flexibility index (Phi) is 7.67. The van der Waals surface area contributed by atoms with Gasteiger partial charge < -0.3 is 14.8 Å². The van der Waals surface area contributed by atoms with E-state index in [1.807, 2.05) is 24.3 Å². The van der Waals surface area contributed by atoms with E-state index in [4.69, 9.17) is 9.47 Å². The number of nitrogens with one attached hydrogen (secondary N) is 1. The van der Waals surface area contributed by atoms with E-state index < -0.39 is 0 Å². The molecule has 1 heterocycles. The molecular weight excluding hydrogens is 364 g/mol. The van der Waals surface area contributed by atoms with E-state index in [9.17, 15) is 4.79 Å². The average molecular weight is 397 g/mol. The van der Waals surface area contributed by atoms with E-state index in [1.165, 1.54) is 11.1 Å². The first-order valence-corrected chi connectivity index (χ1v) is 10.4. The van der Waals surface area contributed by atoms with Crippen molar-refractivity contribution in [2.75, 3.05) is 39.5 Å². The number of nitrogens with zero attached hydrogens (tertiary/aromatic N) is 1. The molecule has 2 aromatic rings. The van der Waals surface area contributed by atoms with Crippen molar-refractivity contribution in [1.82, 2.24) is 10.2 Å². The monoisotopic (exact) mass is 396 g/mol. The van der Waals surface area contributed by atoms with Crippen LogP contribution in [0.2, 0.25) is 0 Å². The molecular formula is C24H32N2O3. The highest BCUT2D eigenvalue weighted by Crippen LogP contribution is 2.22. The van der Waals surface area contributed by atoms with Crippen LogP contribution in [0.25, 0.3) is 0 Å². The van der Waals surface area contributed by atoms with Gasteiger partial charge in [0.05, 0.1) is 25.9 Å². The van der Waals surface area contributed by atoms with Crippen molar-refractivity contribution >= 4 is 5.91 Å². The molecule has 1 aliphatic rings. The van der Waals surface area contributed by atoms with Crippen molar-refractivity contribution in [1.29, 1.82) is 0 Å². The number of rotatable bonds is 8. The second-order valence-corrected chi connectivity index (χ2v) is 8.01. The maximum atomic E-state index is 12.7. The summed E-state index contributed by atoms with van der Waals surface area (Å²) in [5, 5.41) is 3.12. The Morgan fingerprint density at radius 2 is 1.72 bits per heavy atom. The zero-order chi connectivity index (χ0) is 20.6. The molecule has 5 nitrogen and oxygen atoms in total. The predicted octanol–water partition coefficient (Wildman–Crippen LogP) is 3.83. The van der Waals surface area contributed by atoms with Crippen LogP contribution < -0.4 is 10.1 Å². The third-order valence-corrected chi connectivity index (χ3v) is 5.10. The maximum absolute atomic E-state index is 12.7. The van der Waals surface area contributed by atoms with Gasteiger partial charge in [-0.3, -0.25) is 9.69 Å². The van der Waals surface area contributed by atoms with Gasteiger partial charge in [-0.2, -0.15) is 0 Å². The minimum Gasteiger partial charge on any atom is -0.493 e. The number of carbonyl (C=O) groups is 1. The third-order valence-electron chi connectivity index (χ3n) is 5.10. The lowest BCUT2D eigenvalue weighted by Crippen LogP contribution is -2.43. The molecule has 0 spiro atoms. The average Bonchev–Trinajstić information content (AvgIpc) is 2.74. The zero-order valence-corrected chi connectivity index (χ0v) is 17.7. The summed E-state index contributed by atoms with van der Waals surface area (Å²) in [6.45, 7) is 10.7. The minimum absolute atomic E-state index is 0.0641. The molecule has 1 N–H and O–H groups in total. The van der Waals surface area contributed by atoms with E-state index in [0.717, 1.165) is 32.1 Å². The zero-order valence-electron chi connectivity index (χ0n) is 17.7. The van der Waals surface area contributed by atoms with E-state index in [2.05, 4.69) is 55.3 Å². The lowest BCUT2D eigenvalue weighted by atomic mass is 10.0. The highest BCUT2D eigenvalue weighted by atomic mass is 16.5. The van der Waals surface area contributed by atoms with E-state index >= 15 is 0 Å². The number of hydrogen-bond donors (Lipinski definition) is 1.